The number of hydrogen-bond donors (Lipinski definition) is 1. The number of benzene rings is 2. The van der Waals surface area contributed by atoms with E-state index in [1.807, 2.05) is 61.0 Å². The van der Waals surface area contributed by atoms with Crippen LogP contribution in [0.15, 0.2) is 54.7 Å². The molecule has 3 aromatic rings. The smallest absolute Gasteiger partial charge is 0.244 e. The Morgan fingerprint density at radius 2 is 2.07 bits per heavy atom. The molecule has 1 aliphatic rings. The number of aryl methyl sites for hydroxylation is 3. The van der Waals surface area contributed by atoms with Crippen LogP contribution in [-0.2, 0) is 11.2 Å². The first-order valence-corrected chi connectivity index (χ1v) is 9.82. The van der Waals surface area contributed by atoms with Crippen molar-refractivity contribution in [1.29, 1.82) is 0 Å². The van der Waals surface area contributed by atoms with Crippen LogP contribution in [0.1, 0.15) is 40.7 Å². The summed E-state index contributed by atoms with van der Waals surface area (Å²) in [7, 11) is 1.65. The van der Waals surface area contributed by atoms with E-state index in [1.165, 1.54) is 11.1 Å². The van der Waals surface area contributed by atoms with E-state index in [4.69, 9.17) is 4.74 Å². The standard InChI is InChI=1S/C24H25N3O2/c1-16-15-27(17(2)25-16)22-12-8-18(14-23(22)29-3)9-13-24(28)26-21-11-10-19-6-4-5-7-20(19)21/h4-9,12-15,21H,10-11H2,1-3H3,(H,26,28)/b13-9+. The molecule has 2 aromatic carbocycles. The fourth-order valence-electron chi connectivity index (χ4n) is 3.96. The number of imidazole rings is 1. The number of nitrogens with one attached hydrogen (secondary N) is 1. The largest absolute Gasteiger partial charge is 0.495 e. The van der Waals surface area contributed by atoms with Gasteiger partial charge in [0.05, 0.1) is 24.5 Å². The number of carbonyl (C=O) groups excluding carboxylic acids is 1. The van der Waals surface area contributed by atoms with Gasteiger partial charge in [-0.15, -0.1) is 0 Å². The van der Waals surface area contributed by atoms with Crippen molar-refractivity contribution in [2.24, 2.45) is 0 Å². The van der Waals surface area contributed by atoms with Gasteiger partial charge in [-0.2, -0.15) is 0 Å². The minimum atomic E-state index is -0.0872. The molecule has 0 saturated carbocycles. The highest BCUT2D eigenvalue weighted by molar-refractivity contribution is 5.92. The monoisotopic (exact) mass is 387 g/mol. The Morgan fingerprint density at radius 3 is 2.83 bits per heavy atom. The third-order valence-corrected chi connectivity index (χ3v) is 5.34. The molecule has 1 aromatic heterocycles. The summed E-state index contributed by atoms with van der Waals surface area (Å²) in [6.07, 6.45) is 7.34. The van der Waals surface area contributed by atoms with Gasteiger partial charge in [-0.3, -0.25) is 4.79 Å². The van der Waals surface area contributed by atoms with Crippen LogP contribution < -0.4 is 10.1 Å². The highest BCUT2D eigenvalue weighted by Gasteiger charge is 2.22. The number of amides is 1. The number of rotatable bonds is 5. The maximum atomic E-state index is 12.4. The summed E-state index contributed by atoms with van der Waals surface area (Å²) in [5.74, 6) is 1.55. The fourth-order valence-corrected chi connectivity index (χ4v) is 3.96. The van der Waals surface area contributed by atoms with Gasteiger partial charge < -0.3 is 14.6 Å². The first-order valence-electron chi connectivity index (χ1n) is 9.82. The zero-order chi connectivity index (χ0) is 20.4. The lowest BCUT2D eigenvalue weighted by atomic mass is 10.1. The number of hydrogen-bond acceptors (Lipinski definition) is 3. The van der Waals surface area contributed by atoms with Gasteiger partial charge >= 0.3 is 0 Å². The van der Waals surface area contributed by atoms with Crippen LogP contribution in [0, 0.1) is 13.8 Å². The third-order valence-electron chi connectivity index (χ3n) is 5.34. The summed E-state index contributed by atoms with van der Waals surface area (Å²) in [5.41, 5.74) is 5.34. The SMILES string of the molecule is COc1cc(/C=C/C(=O)NC2CCc3ccccc32)ccc1-n1cc(C)nc1C. The first-order chi connectivity index (χ1) is 14.0. The summed E-state index contributed by atoms with van der Waals surface area (Å²) < 4.78 is 7.58. The van der Waals surface area contributed by atoms with Gasteiger partial charge in [0.25, 0.3) is 0 Å². The molecule has 0 spiro atoms. The Bertz CT molecular complexity index is 1080. The maximum Gasteiger partial charge on any atom is 0.244 e. The van der Waals surface area contributed by atoms with E-state index in [9.17, 15) is 4.79 Å². The second kappa shape index (κ2) is 7.95. The molecule has 5 heteroatoms. The van der Waals surface area contributed by atoms with E-state index < -0.39 is 0 Å². The molecule has 0 saturated heterocycles. The second-order valence-electron chi connectivity index (χ2n) is 7.36. The minimum Gasteiger partial charge on any atom is -0.495 e. The lowest BCUT2D eigenvalue weighted by Gasteiger charge is -2.13. The molecule has 5 nitrogen and oxygen atoms in total. The molecule has 29 heavy (non-hydrogen) atoms. The molecule has 1 unspecified atom stereocenters. The highest BCUT2D eigenvalue weighted by Crippen LogP contribution is 2.30. The van der Waals surface area contributed by atoms with Crippen molar-refractivity contribution in [2.45, 2.75) is 32.7 Å². The lowest BCUT2D eigenvalue weighted by Crippen LogP contribution is -2.25. The molecular formula is C24H25N3O2. The van der Waals surface area contributed by atoms with E-state index in [1.54, 1.807) is 13.2 Å². The molecule has 1 N–H and O–H groups in total. The van der Waals surface area contributed by atoms with Crippen molar-refractivity contribution in [2.75, 3.05) is 7.11 Å². The Kier molecular flexibility index (Phi) is 5.21. The Balaban J connectivity index is 1.48. The van der Waals surface area contributed by atoms with Crippen LogP contribution in [0.3, 0.4) is 0 Å². The molecule has 0 bridgehead atoms. The summed E-state index contributed by atoms with van der Waals surface area (Å²) in [5, 5.41) is 3.11. The van der Waals surface area contributed by atoms with E-state index in [2.05, 4.69) is 22.4 Å². The predicted molar refractivity (Wildman–Crippen MR) is 114 cm³/mol. The fraction of sp³-hybridized carbons (Fsp3) is 0.250. The number of carbonyl (C=O) groups is 1. The quantitative estimate of drug-likeness (QED) is 0.664. The van der Waals surface area contributed by atoms with E-state index in [-0.39, 0.29) is 11.9 Å². The number of fused-ring (bicyclic) bond motifs is 1. The van der Waals surface area contributed by atoms with Crippen LogP contribution in [0.25, 0.3) is 11.8 Å². The Morgan fingerprint density at radius 1 is 1.24 bits per heavy atom. The molecule has 148 valence electrons. The second-order valence-corrected chi connectivity index (χ2v) is 7.36. The van der Waals surface area contributed by atoms with Crippen LogP contribution >= 0.6 is 0 Å². The predicted octanol–water partition coefficient (Wildman–Crippen LogP) is 4.31. The van der Waals surface area contributed by atoms with Gasteiger partial charge in [0.1, 0.15) is 11.6 Å². The normalized spacial score (nSPS) is 15.5. The molecule has 1 aliphatic carbocycles. The van der Waals surface area contributed by atoms with Gasteiger partial charge in [-0.25, -0.2) is 4.98 Å². The van der Waals surface area contributed by atoms with Gasteiger partial charge in [0, 0.05) is 12.3 Å². The lowest BCUT2D eigenvalue weighted by molar-refractivity contribution is -0.117. The van der Waals surface area contributed by atoms with E-state index in [0.29, 0.717) is 0 Å². The zero-order valence-electron chi connectivity index (χ0n) is 17.0. The summed E-state index contributed by atoms with van der Waals surface area (Å²) in [4.78, 5) is 16.9. The highest BCUT2D eigenvalue weighted by atomic mass is 16.5. The van der Waals surface area contributed by atoms with Crippen LogP contribution in [0.5, 0.6) is 5.75 Å². The Labute approximate surface area is 171 Å². The summed E-state index contributed by atoms with van der Waals surface area (Å²) in [6.45, 7) is 3.93. The number of aromatic nitrogens is 2. The number of ether oxygens (including phenoxy) is 1. The molecule has 1 heterocycles. The van der Waals surface area contributed by atoms with Crippen LogP contribution in [0.2, 0.25) is 0 Å². The van der Waals surface area contributed by atoms with Crippen molar-refractivity contribution >= 4 is 12.0 Å². The molecule has 4 rings (SSSR count). The summed E-state index contributed by atoms with van der Waals surface area (Å²) in [6, 6.07) is 14.3. The molecule has 0 fully saturated rings. The first kappa shape index (κ1) is 19.0. The average molecular weight is 387 g/mol. The van der Waals surface area contributed by atoms with Gasteiger partial charge in [0.15, 0.2) is 0 Å². The average Bonchev–Trinajstić information content (AvgIpc) is 3.28. The van der Waals surface area contributed by atoms with E-state index >= 15 is 0 Å². The maximum absolute atomic E-state index is 12.4. The van der Waals surface area contributed by atoms with Gasteiger partial charge in [0.2, 0.25) is 5.91 Å². The molecule has 1 atom stereocenters. The van der Waals surface area contributed by atoms with Crippen molar-refractivity contribution in [3.63, 3.8) is 0 Å². The molecule has 1 amide bonds. The van der Waals surface area contributed by atoms with Crippen LogP contribution in [-0.4, -0.2) is 22.6 Å². The van der Waals surface area contributed by atoms with Gasteiger partial charge in [-0.05, 0) is 61.6 Å². The zero-order valence-corrected chi connectivity index (χ0v) is 17.0. The molecule has 0 radical (unpaired) electrons. The van der Waals surface area contributed by atoms with Crippen molar-refractivity contribution in [3.05, 3.63) is 82.9 Å². The molecular weight excluding hydrogens is 362 g/mol. The molecule has 0 aliphatic heterocycles. The third kappa shape index (κ3) is 3.94. The van der Waals surface area contributed by atoms with Crippen molar-refractivity contribution < 1.29 is 9.53 Å². The topological polar surface area (TPSA) is 56.1 Å². The van der Waals surface area contributed by atoms with Gasteiger partial charge in [-0.1, -0.05) is 30.3 Å². The number of nitrogens with zero attached hydrogens (tertiary/aromatic N) is 2. The van der Waals surface area contributed by atoms with Crippen molar-refractivity contribution in [3.8, 4) is 11.4 Å². The number of methoxy groups -OCH3 is 1. The van der Waals surface area contributed by atoms with Crippen LogP contribution in [0.4, 0.5) is 0 Å². The minimum absolute atomic E-state index is 0.0872. The summed E-state index contributed by atoms with van der Waals surface area (Å²) >= 11 is 0. The Hall–Kier alpha value is -3.34. The van der Waals surface area contributed by atoms with E-state index in [0.717, 1.165) is 41.4 Å². The van der Waals surface area contributed by atoms with Crippen molar-refractivity contribution in [1.82, 2.24) is 14.9 Å².